The molecule has 1 aromatic rings. The first-order valence-corrected chi connectivity index (χ1v) is 4.88. The number of non-ortho nitro benzene ring substituents is 1. The minimum Gasteiger partial charge on any atom is -0.479 e. The van der Waals surface area contributed by atoms with Crippen LogP contribution in [0.25, 0.3) is 0 Å². The van der Waals surface area contributed by atoms with E-state index in [9.17, 15) is 28.8 Å². The molecule has 0 saturated heterocycles. The van der Waals surface area contributed by atoms with Crippen LogP contribution in [0.15, 0.2) is 12.1 Å². The molecule has 0 aliphatic rings. The summed E-state index contributed by atoms with van der Waals surface area (Å²) in [6, 6.07) is 1.60. The van der Waals surface area contributed by atoms with Gasteiger partial charge in [0, 0.05) is 11.6 Å². The van der Waals surface area contributed by atoms with Gasteiger partial charge in [0.2, 0.25) is 0 Å². The van der Waals surface area contributed by atoms with Gasteiger partial charge < -0.3 is 14.9 Å². The van der Waals surface area contributed by atoms with Gasteiger partial charge in [-0.25, -0.2) is 4.79 Å². The SMILES string of the molecule is Cc1cc([N+](=O)[O-])cc(OC(F)F)c1C(O)C(=O)O. The molecule has 0 amide bonds. The number of aryl methyl sites for hydroxylation is 1. The zero-order valence-corrected chi connectivity index (χ0v) is 9.54. The van der Waals surface area contributed by atoms with E-state index in [1.165, 1.54) is 6.92 Å². The first-order chi connectivity index (χ1) is 8.73. The number of hydrogen-bond donors (Lipinski definition) is 2. The fraction of sp³-hybridized carbons (Fsp3) is 0.300. The predicted molar refractivity (Wildman–Crippen MR) is 57.1 cm³/mol. The Bertz CT molecular complexity index is 519. The lowest BCUT2D eigenvalue weighted by Gasteiger charge is -2.15. The molecule has 2 N–H and O–H groups in total. The van der Waals surface area contributed by atoms with Gasteiger partial charge in [-0.05, 0) is 12.5 Å². The summed E-state index contributed by atoms with van der Waals surface area (Å²) in [7, 11) is 0. The molecule has 0 radical (unpaired) electrons. The lowest BCUT2D eigenvalue weighted by Crippen LogP contribution is -2.15. The van der Waals surface area contributed by atoms with Crippen LogP contribution >= 0.6 is 0 Å². The third-order valence-corrected chi connectivity index (χ3v) is 2.27. The fourth-order valence-electron chi connectivity index (χ4n) is 1.52. The van der Waals surface area contributed by atoms with Crippen molar-refractivity contribution in [3.05, 3.63) is 33.4 Å². The lowest BCUT2D eigenvalue weighted by molar-refractivity contribution is -0.385. The van der Waals surface area contributed by atoms with Gasteiger partial charge in [0.25, 0.3) is 5.69 Å². The molecule has 9 heteroatoms. The second kappa shape index (κ2) is 5.57. The predicted octanol–water partition coefficient (Wildman–Crippen LogP) is 1.62. The Labute approximate surface area is 105 Å². The summed E-state index contributed by atoms with van der Waals surface area (Å²) in [5.41, 5.74) is -1.03. The number of nitro benzene ring substituents is 1. The first-order valence-electron chi connectivity index (χ1n) is 4.88. The number of aliphatic hydroxyl groups is 1. The number of ether oxygens (including phenoxy) is 1. The second-order valence-electron chi connectivity index (χ2n) is 3.55. The van der Waals surface area contributed by atoms with Crippen LogP contribution < -0.4 is 4.74 Å². The Balaban J connectivity index is 3.42. The van der Waals surface area contributed by atoms with Crippen LogP contribution in [0.2, 0.25) is 0 Å². The number of carboxylic acids is 1. The van der Waals surface area contributed by atoms with Crippen molar-refractivity contribution >= 4 is 11.7 Å². The molecule has 0 aliphatic carbocycles. The maximum Gasteiger partial charge on any atom is 0.387 e. The zero-order chi connectivity index (χ0) is 14.7. The summed E-state index contributed by atoms with van der Waals surface area (Å²) in [6.07, 6.45) is -2.12. The van der Waals surface area contributed by atoms with Crippen molar-refractivity contribution < 1.29 is 33.4 Å². The average Bonchev–Trinajstić information content (AvgIpc) is 2.26. The number of carboxylic acid groups (broad SMARTS) is 1. The quantitative estimate of drug-likeness (QED) is 0.625. The summed E-state index contributed by atoms with van der Waals surface area (Å²) in [5, 5.41) is 28.7. The number of rotatable bonds is 5. The molecule has 0 aromatic heterocycles. The van der Waals surface area contributed by atoms with Crippen molar-refractivity contribution in [2.75, 3.05) is 0 Å². The molecule has 104 valence electrons. The minimum absolute atomic E-state index is 0.0419. The number of benzene rings is 1. The molecular weight excluding hydrogens is 268 g/mol. The van der Waals surface area contributed by atoms with Gasteiger partial charge in [-0.2, -0.15) is 8.78 Å². The van der Waals surface area contributed by atoms with Crippen LogP contribution in [0, 0.1) is 17.0 Å². The van der Waals surface area contributed by atoms with Crippen molar-refractivity contribution in [3.63, 3.8) is 0 Å². The van der Waals surface area contributed by atoms with Gasteiger partial charge in [-0.15, -0.1) is 0 Å². The number of halogens is 2. The number of aliphatic hydroxyl groups excluding tert-OH is 1. The van der Waals surface area contributed by atoms with Gasteiger partial charge in [-0.3, -0.25) is 10.1 Å². The molecule has 0 bridgehead atoms. The molecule has 0 spiro atoms. The normalized spacial score (nSPS) is 12.3. The molecule has 1 unspecified atom stereocenters. The summed E-state index contributed by atoms with van der Waals surface area (Å²) >= 11 is 0. The molecule has 19 heavy (non-hydrogen) atoms. The topological polar surface area (TPSA) is 110 Å². The molecule has 0 aliphatic heterocycles. The third kappa shape index (κ3) is 3.35. The highest BCUT2D eigenvalue weighted by Gasteiger charge is 2.27. The van der Waals surface area contributed by atoms with Crippen molar-refractivity contribution in [1.29, 1.82) is 0 Å². The van der Waals surface area contributed by atoms with Gasteiger partial charge in [0.1, 0.15) is 5.75 Å². The maximum absolute atomic E-state index is 12.2. The smallest absolute Gasteiger partial charge is 0.387 e. The monoisotopic (exact) mass is 277 g/mol. The summed E-state index contributed by atoms with van der Waals surface area (Å²) in [6.45, 7) is -2.06. The highest BCUT2D eigenvalue weighted by molar-refractivity contribution is 5.76. The number of carbonyl (C=O) groups is 1. The summed E-state index contributed by atoms with van der Waals surface area (Å²) in [5.74, 6) is -2.42. The number of alkyl halides is 2. The lowest BCUT2D eigenvalue weighted by atomic mass is 10.0. The number of aliphatic carboxylic acids is 1. The van der Waals surface area contributed by atoms with Crippen molar-refractivity contribution in [3.8, 4) is 5.75 Å². The molecule has 1 atom stereocenters. The summed E-state index contributed by atoms with van der Waals surface area (Å²) in [4.78, 5) is 20.4. The average molecular weight is 277 g/mol. The molecule has 1 rings (SSSR count). The molecular formula is C10H9F2NO6. The van der Waals surface area contributed by atoms with E-state index < -0.39 is 40.6 Å². The molecule has 7 nitrogen and oxygen atoms in total. The largest absolute Gasteiger partial charge is 0.479 e. The molecule has 0 heterocycles. The molecule has 0 fully saturated rings. The van der Waals surface area contributed by atoms with E-state index in [2.05, 4.69) is 4.74 Å². The number of hydrogen-bond acceptors (Lipinski definition) is 5. The van der Waals surface area contributed by atoms with Crippen molar-refractivity contribution in [1.82, 2.24) is 0 Å². The van der Waals surface area contributed by atoms with Crippen molar-refractivity contribution in [2.24, 2.45) is 0 Å². The van der Waals surface area contributed by atoms with Gasteiger partial charge in [-0.1, -0.05) is 0 Å². The Morgan fingerprint density at radius 2 is 2.05 bits per heavy atom. The third-order valence-electron chi connectivity index (χ3n) is 2.27. The number of nitro groups is 1. The van der Waals surface area contributed by atoms with Crippen LogP contribution in [-0.2, 0) is 4.79 Å². The van der Waals surface area contributed by atoms with Gasteiger partial charge in [0.05, 0.1) is 11.0 Å². The van der Waals surface area contributed by atoms with Crippen LogP contribution in [-0.4, -0.2) is 27.7 Å². The van der Waals surface area contributed by atoms with Crippen LogP contribution in [0.1, 0.15) is 17.2 Å². The number of nitrogens with zero attached hydrogens (tertiary/aromatic N) is 1. The zero-order valence-electron chi connectivity index (χ0n) is 9.54. The van der Waals surface area contributed by atoms with E-state index in [0.29, 0.717) is 6.07 Å². The molecule has 1 aromatic carbocycles. The Morgan fingerprint density at radius 1 is 1.47 bits per heavy atom. The van der Waals surface area contributed by atoms with Gasteiger partial charge >= 0.3 is 12.6 Å². The standard InChI is InChI=1S/C10H9F2NO6/c1-4-2-5(13(17)18)3-6(19-10(11)12)7(4)8(14)9(15)16/h2-3,8,10,14H,1H3,(H,15,16). The van der Waals surface area contributed by atoms with Gasteiger partial charge in [0.15, 0.2) is 6.10 Å². The van der Waals surface area contributed by atoms with Crippen LogP contribution in [0.3, 0.4) is 0 Å². The Hall–Kier alpha value is -2.29. The van der Waals surface area contributed by atoms with E-state index in [4.69, 9.17) is 5.11 Å². The Kier molecular flexibility index (Phi) is 4.33. The highest BCUT2D eigenvalue weighted by atomic mass is 19.3. The van der Waals surface area contributed by atoms with Crippen LogP contribution in [0.4, 0.5) is 14.5 Å². The van der Waals surface area contributed by atoms with E-state index >= 15 is 0 Å². The van der Waals surface area contributed by atoms with Crippen LogP contribution in [0.5, 0.6) is 5.75 Å². The van der Waals surface area contributed by atoms with E-state index in [-0.39, 0.29) is 5.56 Å². The maximum atomic E-state index is 12.2. The summed E-state index contributed by atoms with van der Waals surface area (Å²) < 4.78 is 28.4. The molecule has 0 saturated carbocycles. The second-order valence-corrected chi connectivity index (χ2v) is 3.55. The first kappa shape index (κ1) is 14.8. The highest BCUT2D eigenvalue weighted by Crippen LogP contribution is 2.34. The van der Waals surface area contributed by atoms with E-state index in [1.54, 1.807) is 0 Å². The van der Waals surface area contributed by atoms with E-state index in [0.717, 1.165) is 6.07 Å². The fourth-order valence-corrected chi connectivity index (χ4v) is 1.52. The Morgan fingerprint density at radius 3 is 2.47 bits per heavy atom. The van der Waals surface area contributed by atoms with E-state index in [1.807, 2.05) is 0 Å². The minimum atomic E-state index is -3.30. The van der Waals surface area contributed by atoms with Crippen molar-refractivity contribution in [2.45, 2.75) is 19.6 Å².